The second kappa shape index (κ2) is 5.97. The molecular formula is C15H21N3O. The minimum absolute atomic E-state index is 0.0753. The Morgan fingerprint density at radius 3 is 2.53 bits per heavy atom. The molecule has 0 saturated heterocycles. The summed E-state index contributed by atoms with van der Waals surface area (Å²) in [6, 6.07) is 8.15. The van der Waals surface area contributed by atoms with Crippen LogP contribution in [-0.4, -0.2) is 16.2 Å². The highest BCUT2D eigenvalue weighted by atomic mass is 16.5. The van der Waals surface area contributed by atoms with Crippen LogP contribution in [0.1, 0.15) is 31.7 Å². The molecule has 0 radical (unpaired) electrons. The normalized spacial score (nSPS) is 12.9. The van der Waals surface area contributed by atoms with Crippen LogP contribution in [0.25, 0.3) is 11.4 Å². The number of aryl methyl sites for hydroxylation is 1. The minimum Gasteiger partial charge on any atom is -0.339 e. The maximum atomic E-state index is 6.05. The molecule has 102 valence electrons. The average Bonchev–Trinajstić information content (AvgIpc) is 2.77. The van der Waals surface area contributed by atoms with Crippen LogP contribution in [0.15, 0.2) is 28.8 Å². The van der Waals surface area contributed by atoms with Gasteiger partial charge in [0, 0.05) is 18.0 Å². The van der Waals surface area contributed by atoms with E-state index in [4.69, 9.17) is 10.3 Å². The standard InChI is InChI=1S/C15H21N3O/c1-10(2)8-13(16)9-14-17-15(18-19-14)12-6-4-11(3)5-7-12/h4-7,10,13H,8-9,16H2,1-3H3. The number of aromatic nitrogens is 2. The first-order valence-corrected chi connectivity index (χ1v) is 6.70. The van der Waals surface area contributed by atoms with Crippen LogP contribution < -0.4 is 5.73 Å². The number of nitrogens with zero attached hydrogens (tertiary/aromatic N) is 2. The molecule has 2 aromatic rings. The Hall–Kier alpha value is -1.68. The molecule has 19 heavy (non-hydrogen) atoms. The molecule has 2 rings (SSSR count). The van der Waals surface area contributed by atoms with E-state index in [1.165, 1.54) is 5.56 Å². The van der Waals surface area contributed by atoms with Gasteiger partial charge in [-0.1, -0.05) is 48.8 Å². The highest BCUT2D eigenvalue weighted by molar-refractivity contribution is 5.54. The molecule has 0 fully saturated rings. The largest absolute Gasteiger partial charge is 0.339 e. The zero-order valence-corrected chi connectivity index (χ0v) is 11.8. The van der Waals surface area contributed by atoms with Crippen molar-refractivity contribution in [3.05, 3.63) is 35.7 Å². The van der Waals surface area contributed by atoms with Crippen molar-refractivity contribution < 1.29 is 4.52 Å². The average molecular weight is 259 g/mol. The van der Waals surface area contributed by atoms with Gasteiger partial charge < -0.3 is 10.3 Å². The van der Waals surface area contributed by atoms with Crippen LogP contribution in [0.4, 0.5) is 0 Å². The third-order valence-corrected chi connectivity index (χ3v) is 2.99. The van der Waals surface area contributed by atoms with Gasteiger partial charge in [-0.25, -0.2) is 0 Å². The Balaban J connectivity index is 2.04. The number of hydrogen-bond acceptors (Lipinski definition) is 4. The summed E-state index contributed by atoms with van der Waals surface area (Å²) in [7, 11) is 0. The van der Waals surface area contributed by atoms with Gasteiger partial charge in [0.25, 0.3) is 0 Å². The maximum Gasteiger partial charge on any atom is 0.228 e. The first-order valence-electron chi connectivity index (χ1n) is 6.70. The second-order valence-electron chi connectivity index (χ2n) is 5.47. The summed E-state index contributed by atoms with van der Waals surface area (Å²) in [5.41, 5.74) is 8.23. The zero-order valence-electron chi connectivity index (χ0n) is 11.8. The minimum atomic E-state index is 0.0753. The fourth-order valence-electron chi connectivity index (χ4n) is 2.07. The first kappa shape index (κ1) is 13.7. The Morgan fingerprint density at radius 1 is 1.21 bits per heavy atom. The highest BCUT2D eigenvalue weighted by Crippen LogP contribution is 2.17. The van der Waals surface area contributed by atoms with Crippen molar-refractivity contribution in [2.24, 2.45) is 11.7 Å². The van der Waals surface area contributed by atoms with Crippen LogP contribution in [0.5, 0.6) is 0 Å². The number of nitrogens with two attached hydrogens (primary N) is 1. The van der Waals surface area contributed by atoms with Gasteiger partial charge in [-0.15, -0.1) is 0 Å². The van der Waals surface area contributed by atoms with E-state index in [0.717, 1.165) is 12.0 Å². The van der Waals surface area contributed by atoms with E-state index in [9.17, 15) is 0 Å². The molecule has 4 nitrogen and oxygen atoms in total. The summed E-state index contributed by atoms with van der Waals surface area (Å²) >= 11 is 0. The van der Waals surface area contributed by atoms with Crippen LogP contribution in [0.2, 0.25) is 0 Å². The second-order valence-corrected chi connectivity index (χ2v) is 5.47. The van der Waals surface area contributed by atoms with Crippen LogP contribution in [-0.2, 0) is 6.42 Å². The Bertz CT molecular complexity index is 516. The van der Waals surface area contributed by atoms with Crippen molar-refractivity contribution in [2.75, 3.05) is 0 Å². The zero-order chi connectivity index (χ0) is 13.8. The van der Waals surface area contributed by atoms with E-state index in [1.54, 1.807) is 0 Å². The fourth-order valence-corrected chi connectivity index (χ4v) is 2.07. The molecule has 0 aliphatic rings. The van der Waals surface area contributed by atoms with Crippen molar-refractivity contribution in [2.45, 2.75) is 39.7 Å². The van der Waals surface area contributed by atoms with Gasteiger partial charge in [0.05, 0.1) is 0 Å². The molecule has 0 aliphatic carbocycles. The molecule has 1 aromatic carbocycles. The first-order chi connectivity index (χ1) is 9.04. The van der Waals surface area contributed by atoms with E-state index in [1.807, 2.05) is 24.3 Å². The lowest BCUT2D eigenvalue weighted by atomic mass is 10.0. The number of benzene rings is 1. The molecule has 1 atom stereocenters. The summed E-state index contributed by atoms with van der Waals surface area (Å²) in [6.07, 6.45) is 1.60. The Morgan fingerprint density at radius 2 is 1.89 bits per heavy atom. The van der Waals surface area contributed by atoms with Gasteiger partial charge in [-0.2, -0.15) is 4.98 Å². The monoisotopic (exact) mass is 259 g/mol. The molecule has 1 aromatic heterocycles. The van der Waals surface area contributed by atoms with Gasteiger partial charge in [-0.3, -0.25) is 0 Å². The van der Waals surface area contributed by atoms with E-state index >= 15 is 0 Å². The fraction of sp³-hybridized carbons (Fsp3) is 0.467. The van der Waals surface area contributed by atoms with Crippen molar-refractivity contribution in [1.82, 2.24) is 10.1 Å². The van der Waals surface area contributed by atoms with E-state index in [2.05, 4.69) is 30.9 Å². The molecule has 0 saturated carbocycles. The lowest BCUT2D eigenvalue weighted by Crippen LogP contribution is -2.24. The van der Waals surface area contributed by atoms with Crippen molar-refractivity contribution in [3.8, 4) is 11.4 Å². The van der Waals surface area contributed by atoms with Crippen LogP contribution in [0, 0.1) is 12.8 Å². The molecule has 2 N–H and O–H groups in total. The molecule has 0 aliphatic heterocycles. The smallest absolute Gasteiger partial charge is 0.228 e. The highest BCUT2D eigenvalue weighted by Gasteiger charge is 2.13. The van der Waals surface area contributed by atoms with Gasteiger partial charge in [0.2, 0.25) is 11.7 Å². The number of hydrogen-bond donors (Lipinski definition) is 1. The van der Waals surface area contributed by atoms with Gasteiger partial charge >= 0.3 is 0 Å². The molecule has 0 amide bonds. The van der Waals surface area contributed by atoms with Crippen LogP contribution >= 0.6 is 0 Å². The molecule has 1 heterocycles. The van der Waals surface area contributed by atoms with E-state index < -0.39 is 0 Å². The third-order valence-electron chi connectivity index (χ3n) is 2.99. The van der Waals surface area contributed by atoms with Gasteiger partial charge in [0.15, 0.2) is 0 Å². The Labute approximate surface area is 114 Å². The lowest BCUT2D eigenvalue weighted by Gasteiger charge is -2.10. The third kappa shape index (κ3) is 3.89. The van der Waals surface area contributed by atoms with Crippen molar-refractivity contribution in [3.63, 3.8) is 0 Å². The Kier molecular flexibility index (Phi) is 4.32. The topological polar surface area (TPSA) is 64.9 Å². The SMILES string of the molecule is Cc1ccc(-c2noc(CC(N)CC(C)C)n2)cc1. The summed E-state index contributed by atoms with van der Waals surface area (Å²) in [4.78, 5) is 4.40. The summed E-state index contributed by atoms with van der Waals surface area (Å²) in [5.74, 6) is 1.82. The quantitative estimate of drug-likeness (QED) is 0.896. The van der Waals surface area contributed by atoms with Gasteiger partial charge in [0.1, 0.15) is 0 Å². The number of rotatable bonds is 5. The van der Waals surface area contributed by atoms with Crippen LogP contribution in [0.3, 0.4) is 0 Å². The molecule has 4 heteroatoms. The summed E-state index contributed by atoms with van der Waals surface area (Å²) in [6.45, 7) is 6.37. The summed E-state index contributed by atoms with van der Waals surface area (Å²) < 4.78 is 5.26. The summed E-state index contributed by atoms with van der Waals surface area (Å²) in [5, 5.41) is 4.01. The van der Waals surface area contributed by atoms with E-state index in [-0.39, 0.29) is 6.04 Å². The predicted octanol–water partition coefficient (Wildman–Crippen LogP) is 2.96. The van der Waals surface area contributed by atoms with E-state index in [0.29, 0.717) is 24.1 Å². The lowest BCUT2D eigenvalue weighted by molar-refractivity contribution is 0.359. The molecular weight excluding hydrogens is 238 g/mol. The maximum absolute atomic E-state index is 6.05. The molecule has 0 bridgehead atoms. The van der Waals surface area contributed by atoms with Crippen molar-refractivity contribution in [1.29, 1.82) is 0 Å². The van der Waals surface area contributed by atoms with Gasteiger partial charge in [-0.05, 0) is 19.3 Å². The predicted molar refractivity (Wildman–Crippen MR) is 75.6 cm³/mol. The molecule has 1 unspecified atom stereocenters. The molecule has 0 spiro atoms. The van der Waals surface area contributed by atoms with Crippen molar-refractivity contribution >= 4 is 0 Å².